The minimum atomic E-state index is 0.183. The van der Waals surface area contributed by atoms with Crippen LogP contribution in [0.25, 0.3) is 0 Å². The molecule has 22 heavy (non-hydrogen) atoms. The number of aryl methyl sites for hydroxylation is 1. The number of hydrogen-bond acceptors (Lipinski definition) is 6. The summed E-state index contributed by atoms with van der Waals surface area (Å²) in [7, 11) is 0. The van der Waals surface area contributed by atoms with Gasteiger partial charge in [0.25, 0.3) is 0 Å². The van der Waals surface area contributed by atoms with E-state index in [0.29, 0.717) is 24.7 Å². The van der Waals surface area contributed by atoms with Crippen LogP contribution in [0.3, 0.4) is 0 Å². The smallest absolute Gasteiger partial charge is 0.221 e. The summed E-state index contributed by atoms with van der Waals surface area (Å²) >= 11 is 0. The Bertz CT molecular complexity index is 689. The van der Waals surface area contributed by atoms with Gasteiger partial charge in [-0.1, -0.05) is 0 Å². The van der Waals surface area contributed by atoms with Crippen molar-refractivity contribution in [3.05, 3.63) is 35.7 Å². The van der Waals surface area contributed by atoms with Gasteiger partial charge in [-0.3, -0.25) is 0 Å². The lowest BCUT2D eigenvalue weighted by molar-refractivity contribution is 0.122. The normalized spacial score (nSPS) is 15.6. The molecular formula is C15H19N5O2. The molecule has 1 aliphatic rings. The molecule has 0 amide bonds. The van der Waals surface area contributed by atoms with E-state index in [1.807, 2.05) is 19.1 Å². The van der Waals surface area contributed by atoms with Crippen molar-refractivity contribution in [2.75, 3.05) is 36.9 Å². The number of phenols is 1. The Kier molecular flexibility index (Phi) is 3.97. The quantitative estimate of drug-likeness (QED) is 0.832. The van der Waals surface area contributed by atoms with Gasteiger partial charge in [0.15, 0.2) is 0 Å². The molecule has 0 unspecified atom stereocenters. The number of benzene rings is 1. The molecule has 1 aliphatic heterocycles. The van der Waals surface area contributed by atoms with Crippen LogP contribution in [-0.2, 0) is 4.74 Å². The molecule has 0 spiro atoms. The summed E-state index contributed by atoms with van der Waals surface area (Å²) in [5.41, 5.74) is 8.13. The summed E-state index contributed by atoms with van der Waals surface area (Å²) in [6, 6.07) is 5.55. The molecule has 1 fully saturated rings. The second-order valence-corrected chi connectivity index (χ2v) is 5.17. The summed E-state index contributed by atoms with van der Waals surface area (Å²) in [5.74, 6) is 0.501. The highest BCUT2D eigenvalue weighted by atomic mass is 16.5. The second kappa shape index (κ2) is 6.07. The lowest BCUT2D eigenvalue weighted by Crippen LogP contribution is -2.36. The highest BCUT2D eigenvalue weighted by molar-refractivity contribution is 5.84. The first-order valence-corrected chi connectivity index (χ1v) is 7.15. The van der Waals surface area contributed by atoms with Crippen LogP contribution in [0.1, 0.15) is 11.3 Å². The third-order valence-electron chi connectivity index (χ3n) is 3.55. The maximum atomic E-state index is 10.2. The number of hydrogen-bond donors (Lipinski definition) is 2. The minimum Gasteiger partial charge on any atom is -0.507 e. The molecule has 0 saturated carbocycles. The van der Waals surface area contributed by atoms with Crippen molar-refractivity contribution < 1.29 is 9.84 Å². The first kappa shape index (κ1) is 14.4. The molecule has 2 aromatic rings. The van der Waals surface area contributed by atoms with E-state index in [9.17, 15) is 5.11 Å². The number of nitrogens with zero attached hydrogens (tertiary/aromatic N) is 4. The third kappa shape index (κ3) is 3.04. The average Bonchev–Trinajstić information content (AvgIpc) is 2.85. The average molecular weight is 301 g/mol. The Balaban J connectivity index is 1.78. The van der Waals surface area contributed by atoms with Gasteiger partial charge in [-0.25, -0.2) is 9.66 Å². The van der Waals surface area contributed by atoms with Crippen LogP contribution in [0.5, 0.6) is 5.75 Å². The fourth-order valence-electron chi connectivity index (χ4n) is 2.38. The number of anilines is 2. The van der Waals surface area contributed by atoms with Crippen molar-refractivity contribution in [2.45, 2.75) is 6.92 Å². The number of rotatable bonds is 3. The van der Waals surface area contributed by atoms with Gasteiger partial charge < -0.3 is 20.5 Å². The van der Waals surface area contributed by atoms with Gasteiger partial charge in [0.1, 0.15) is 5.75 Å². The number of nitrogens with two attached hydrogens (primary N) is 1. The van der Waals surface area contributed by atoms with E-state index < -0.39 is 0 Å². The van der Waals surface area contributed by atoms with Crippen molar-refractivity contribution in [1.29, 1.82) is 0 Å². The van der Waals surface area contributed by atoms with Gasteiger partial charge in [0.2, 0.25) is 5.95 Å². The molecule has 0 atom stereocenters. The number of phenolic OH excluding ortho intramolecular Hbond substituents is 1. The Morgan fingerprint density at radius 2 is 2.14 bits per heavy atom. The van der Waals surface area contributed by atoms with E-state index in [0.717, 1.165) is 24.5 Å². The van der Waals surface area contributed by atoms with Crippen LogP contribution in [0.4, 0.5) is 11.6 Å². The first-order chi connectivity index (χ1) is 10.6. The van der Waals surface area contributed by atoms with Crippen LogP contribution in [0.15, 0.2) is 29.5 Å². The molecule has 3 N–H and O–H groups in total. The van der Waals surface area contributed by atoms with Crippen molar-refractivity contribution in [3.8, 4) is 5.75 Å². The summed E-state index contributed by atoms with van der Waals surface area (Å²) in [5, 5.41) is 14.4. The maximum Gasteiger partial charge on any atom is 0.221 e. The van der Waals surface area contributed by atoms with Crippen LogP contribution >= 0.6 is 0 Å². The van der Waals surface area contributed by atoms with E-state index in [1.54, 1.807) is 18.5 Å². The van der Waals surface area contributed by atoms with Gasteiger partial charge in [-0.15, -0.1) is 0 Å². The van der Waals surface area contributed by atoms with Crippen LogP contribution in [0.2, 0.25) is 0 Å². The van der Waals surface area contributed by atoms with Crippen molar-refractivity contribution in [3.63, 3.8) is 0 Å². The summed E-state index contributed by atoms with van der Waals surface area (Å²) < 4.78 is 6.81. The topological polar surface area (TPSA) is 88.9 Å². The van der Waals surface area contributed by atoms with Gasteiger partial charge >= 0.3 is 0 Å². The summed E-state index contributed by atoms with van der Waals surface area (Å²) in [4.78, 5) is 6.25. The maximum absolute atomic E-state index is 10.2. The standard InChI is InChI=1S/C15H19N5O2/c1-11-10-20(15(16)18-11)17-9-12-2-3-13(8-14(12)21)19-4-6-22-7-5-19/h2-3,8-10,21H,4-7H2,1H3,(H2,16,18). The Labute approximate surface area is 128 Å². The van der Waals surface area contributed by atoms with Gasteiger partial charge in [0, 0.05) is 30.4 Å². The molecule has 1 saturated heterocycles. The number of morpholine rings is 1. The lowest BCUT2D eigenvalue weighted by Gasteiger charge is -2.29. The van der Waals surface area contributed by atoms with Crippen LogP contribution in [0, 0.1) is 6.92 Å². The zero-order valence-corrected chi connectivity index (χ0v) is 12.4. The fourth-order valence-corrected chi connectivity index (χ4v) is 2.38. The summed E-state index contributed by atoms with van der Waals surface area (Å²) in [6.07, 6.45) is 3.29. The van der Waals surface area contributed by atoms with Gasteiger partial charge in [-0.2, -0.15) is 5.10 Å². The minimum absolute atomic E-state index is 0.183. The molecule has 0 radical (unpaired) electrons. The van der Waals surface area contributed by atoms with E-state index in [2.05, 4.69) is 15.0 Å². The number of aromatic nitrogens is 2. The number of aromatic hydroxyl groups is 1. The lowest BCUT2D eigenvalue weighted by atomic mass is 10.2. The zero-order chi connectivity index (χ0) is 15.5. The molecule has 1 aromatic heterocycles. The van der Waals surface area contributed by atoms with Crippen LogP contribution in [-0.4, -0.2) is 47.3 Å². The molecule has 0 bridgehead atoms. The van der Waals surface area contributed by atoms with Crippen LogP contribution < -0.4 is 10.6 Å². The molecule has 3 rings (SSSR count). The van der Waals surface area contributed by atoms with Crippen molar-refractivity contribution in [2.24, 2.45) is 5.10 Å². The Morgan fingerprint density at radius 3 is 2.77 bits per heavy atom. The third-order valence-corrected chi connectivity index (χ3v) is 3.55. The zero-order valence-electron chi connectivity index (χ0n) is 12.4. The Hall–Kier alpha value is -2.54. The molecule has 7 nitrogen and oxygen atoms in total. The van der Waals surface area contributed by atoms with E-state index in [1.165, 1.54) is 4.68 Å². The van der Waals surface area contributed by atoms with Crippen molar-refractivity contribution in [1.82, 2.24) is 9.66 Å². The molecule has 7 heteroatoms. The number of nitrogen functional groups attached to an aromatic ring is 1. The highest BCUT2D eigenvalue weighted by Crippen LogP contribution is 2.24. The monoisotopic (exact) mass is 301 g/mol. The molecular weight excluding hydrogens is 282 g/mol. The fraction of sp³-hybridized carbons (Fsp3) is 0.333. The summed E-state index contributed by atoms with van der Waals surface area (Å²) in [6.45, 7) is 4.93. The highest BCUT2D eigenvalue weighted by Gasteiger charge is 2.12. The molecule has 116 valence electrons. The van der Waals surface area contributed by atoms with Crippen molar-refractivity contribution >= 4 is 17.9 Å². The predicted molar refractivity (Wildman–Crippen MR) is 85.5 cm³/mol. The SMILES string of the molecule is Cc1cn(N=Cc2ccc(N3CCOCC3)cc2O)c(N)n1. The van der Waals surface area contributed by atoms with Gasteiger partial charge in [-0.05, 0) is 19.1 Å². The molecule has 2 heterocycles. The molecule has 0 aliphatic carbocycles. The van der Waals surface area contributed by atoms with E-state index >= 15 is 0 Å². The second-order valence-electron chi connectivity index (χ2n) is 5.17. The van der Waals surface area contributed by atoms with Gasteiger partial charge in [0.05, 0.1) is 31.3 Å². The van der Waals surface area contributed by atoms with E-state index in [-0.39, 0.29) is 5.75 Å². The first-order valence-electron chi connectivity index (χ1n) is 7.15. The number of ether oxygens (including phenoxy) is 1. The molecule has 1 aromatic carbocycles. The largest absolute Gasteiger partial charge is 0.507 e. The van der Waals surface area contributed by atoms with E-state index in [4.69, 9.17) is 10.5 Å². The number of imidazole rings is 1. The predicted octanol–water partition coefficient (Wildman–Crippen LogP) is 1.20. The Morgan fingerprint density at radius 1 is 1.36 bits per heavy atom.